The number of nitrogens with zero attached hydrogens (tertiary/aromatic N) is 2. The summed E-state index contributed by atoms with van der Waals surface area (Å²) in [6.07, 6.45) is 7.88. The van der Waals surface area contributed by atoms with Crippen molar-refractivity contribution in [1.29, 1.82) is 5.26 Å². The lowest BCUT2D eigenvalue weighted by atomic mass is 10.1. The zero-order valence-electron chi connectivity index (χ0n) is 7.49. The molecular formula is C10H12N2O. The van der Waals surface area contributed by atoms with Crippen LogP contribution >= 0.6 is 0 Å². The topological polar surface area (TPSA) is 53.2 Å². The molecule has 68 valence electrons. The maximum absolute atomic E-state index is 10.3. The van der Waals surface area contributed by atoms with Crippen LogP contribution in [0.4, 0.5) is 0 Å². The Kier molecular flexibility index (Phi) is 3.90. The summed E-state index contributed by atoms with van der Waals surface area (Å²) < 4.78 is 0. The predicted octanol–water partition coefficient (Wildman–Crippen LogP) is 3.05. The minimum Gasteiger partial charge on any atom is -0.193 e. The second kappa shape index (κ2) is 5.26. The third kappa shape index (κ3) is 3.20. The van der Waals surface area contributed by atoms with Crippen molar-refractivity contribution < 1.29 is 0 Å². The molecular weight excluding hydrogens is 164 g/mol. The molecule has 0 fully saturated rings. The summed E-state index contributed by atoms with van der Waals surface area (Å²) in [7, 11) is 0. The van der Waals surface area contributed by atoms with Gasteiger partial charge in [-0.25, -0.2) is 0 Å². The molecule has 0 atom stereocenters. The Bertz CT molecular complexity index is 284. The van der Waals surface area contributed by atoms with Gasteiger partial charge in [0.1, 0.15) is 0 Å². The molecule has 3 heteroatoms. The van der Waals surface area contributed by atoms with Crippen LogP contribution in [-0.4, -0.2) is 0 Å². The highest BCUT2D eigenvalue weighted by Gasteiger charge is 2.03. The number of hydrogen-bond acceptors (Lipinski definition) is 3. The quantitative estimate of drug-likeness (QED) is 0.576. The molecule has 0 saturated carbocycles. The van der Waals surface area contributed by atoms with Gasteiger partial charge in [-0.05, 0) is 37.3 Å². The van der Waals surface area contributed by atoms with E-state index in [0.717, 1.165) is 24.8 Å². The number of allylic oxidation sites excluding steroid dienone is 4. The van der Waals surface area contributed by atoms with Crippen LogP contribution in [0, 0.1) is 16.2 Å². The Morgan fingerprint density at radius 3 is 2.77 bits per heavy atom. The lowest BCUT2D eigenvalue weighted by Crippen LogP contribution is -1.82. The van der Waals surface area contributed by atoms with Gasteiger partial charge in [-0.15, -0.1) is 4.91 Å². The van der Waals surface area contributed by atoms with Crippen molar-refractivity contribution in [2.45, 2.75) is 32.1 Å². The van der Waals surface area contributed by atoms with E-state index in [1.807, 2.05) is 12.2 Å². The Labute approximate surface area is 77.7 Å². The Hall–Kier alpha value is -1.43. The van der Waals surface area contributed by atoms with Crippen molar-refractivity contribution >= 4 is 0 Å². The smallest absolute Gasteiger partial charge is 0.0943 e. The Balaban J connectivity index is 2.66. The van der Waals surface area contributed by atoms with Crippen LogP contribution in [0.15, 0.2) is 28.6 Å². The minimum atomic E-state index is 0.586. The summed E-state index contributed by atoms with van der Waals surface area (Å²) in [5.74, 6) is 0. The van der Waals surface area contributed by atoms with Crippen molar-refractivity contribution in [2.75, 3.05) is 0 Å². The van der Waals surface area contributed by atoms with Gasteiger partial charge >= 0.3 is 0 Å². The van der Waals surface area contributed by atoms with Crippen LogP contribution in [0.25, 0.3) is 0 Å². The van der Waals surface area contributed by atoms with Crippen LogP contribution in [0.3, 0.4) is 0 Å². The molecule has 0 saturated heterocycles. The molecule has 3 nitrogen and oxygen atoms in total. The molecule has 0 aromatic heterocycles. The van der Waals surface area contributed by atoms with Crippen molar-refractivity contribution in [2.24, 2.45) is 5.18 Å². The van der Waals surface area contributed by atoms with E-state index in [2.05, 4.69) is 11.2 Å². The van der Waals surface area contributed by atoms with Gasteiger partial charge in [0.15, 0.2) is 0 Å². The molecule has 0 N–H and O–H groups in total. The molecule has 0 heterocycles. The molecule has 0 aromatic rings. The number of rotatable bonds is 1. The SMILES string of the molecule is N#CC1=CCCCC=C(N=O)CC1. The maximum Gasteiger partial charge on any atom is 0.0943 e. The van der Waals surface area contributed by atoms with Gasteiger partial charge in [0, 0.05) is 5.57 Å². The van der Waals surface area contributed by atoms with E-state index in [0.29, 0.717) is 18.5 Å². The molecule has 0 spiro atoms. The van der Waals surface area contributed by atoms with E-state index < -0.39 is 0 Å². The first-order chi connectivity index (χ1) is 6.36. The lowest BCUT2D eigenvalue weighted by Gasteiger charge is -1.95. The average Bonchev–Trinajstić information content (AvgIpc) is 2.28. The third-order valence-electron chi connectivity index (χ3n) is 2.09. The average molecular weight is 176 g/mol. The van der Waals surface area contributed by atoms with E-state index in [4.69, 9.17) is 5.26 Å². The molecule has 0 unspecified atom stereocenters. The van der Waals surface area contributed by atoms with E-state index >= 15 is 0 Å². The van der Waals surface area contributed by atoms with Gasteiger partial charge in [0.05, 0.1) is 11.8 Å². The summed E-state index contributed by atoms with van der Waals surface area (Å²) in [6, 6.07) is 2.13. The van der Waals surface area contributed by atoms with Crippen molar-refractivity contribution in [3.05, 3.63) is 28.3 Å². The molecule has 0 bridgehead atoms. The van der Waals surface area contributed by atoms with Gasteiger partial charge in [-0.1, -0.05) is 12.2 Å². The van der Waals surface area contributed by atoms with Crippen LogP contribution in [0.1, 0.15) is 32.1 Å². The van der Waals surface area contributed by atoms with E-state index in [9.17, 15) is 4.91 Å². The third-order valence-corrected chi connectivity index (χ3v) is 2.09. The molecule has 1 aliphatic carbocycles. The summed E-state index contributed by atoms with van der Waals surface area (Å²) >= 11 is 0. The monoisotopic (exact) mass is 176 g/mol. The first kappa shape index (κ1) is 9.66. The number of hydrogen-bond donors (Lipinski definition) is 0. The second-order valence-electron chi connectivity index (χ2n) is 3.06. The number of nitroso groups, excluding NO2 is 1. The van der Waals surface area contributed by atoms with Crippen LogP contribution in [0.5, 0.6) is 0 Å². The summed E-state index contributed by atoms with van der Waals surface area (Å²) in [5.41, 5.74) is 1.36. The molecule has 0 aromatic carbocycles. The van der Waals surface area contributed by atoms with Crippen molar-refractivity contribution in [3.63, 3.8) is 0 Å². The van der Waals surface area contributed by atoms with E-state index in [-0.39, 0.29) is 0 Å². The highest BCUT2D eigenvalue weighted by atomic mass is 16.3. The first-order valence-electron chi connectivity index (χ1n) is 4.48. The van der Waals surface area contributed by atoms with Gasteiger partial charge in [-0.2, -0.15) is 5.26 Å². The molecule has 0 amide bonds. The highest BCUT2D eigenvalue weighted by molar-refractivity contribution is 5.22. The van der Waals surface area contributed by atoms with Crippen molar-refractivity contribution in [3.8, 4) is 6.07 Å². The standard InChI is InChI=1S/C10H12N2O/c11-8-9-4-2-1-3-5-10(12-13)7-6-9/h4-5H,1-3,6-7H2. The maximum atomic E-state index is 10.3. The molecule has 1 rings (SSSR count). The molecule has 13 heavy (non-hydrogen) atoms. The normalized spacial score (nSPS) is 18.4. The van der Waals surface area contributed by atoms with Crippen molar-refractivity contribution in [1.82, 2.24) is 0 Å². The molecule has 1 aliphatic rings. The number of nitriles is 1. The van der Waals surface area contributed by atoms with Gasteiger partial charge in [0.25, 0.3) is 0 Å². The fraction of sp³-hybridized carbons (Fsp3) is 0.500. The lowest BCUT2D eigenvalue weighted by molar-refractivity contribution is 0.860. The summed E-state index contributed by atoms with van der Waals surface area (Å²) in [4.78, 5) is 10.3. The summed E-state index contributed by atoms with van der Waals surface area (Å²) in [6.45, 7) is 0. The summed E-state index contributed by atoms with van der Waals surface area (Å²) in [5, 5.41) is 11.6. The Morgan fingerprint density at radius 1 is 1.31 bits per heavy atom. The van der Waals surface area contributed by atoms with Crippen LogP contribution < -0.4 is 0 Å². The first-order valence-corrected chi connectivity index (χ1v) is 4.48. The largest absolute Gasteiger partial charge is 0.193 e. The fourth-order valence-electron chi connectivity index (χ4n) is 1.31. The zero-order chi connectivity index (χ0) is 9.52. The van der Waals surface area contributed by atoms with Gasteiger partial charge < -0.3 is 0 Å². The Morgan fingerprint density at radius 2 is 2.08 bits per heavy atom. The zero-order valence-corrected chi connectivity index (χ0v) is 7.49. The van der Waals surface area contributed by atoms with E-state index in [1.54, 1.807) is 0 Å². The van der Waals surface area contributed by atoms with Crippen LogP contribution in [-0.2, 0) is 0 Å². The van der Waals surface area contributed by atoms with Crippen LogP contribution in [0.2, 0.25) is 0 Å². The highest BCUT2D eigenvalue weighted by Crippen LogP contribution is 2.17. The fourth-order valence-corrected chi connectivity index (χ4v) is 1.31. The van der Waals surface area contributed by atoms with Gasteiger partial charge in [-0.3, -0.25) is 0 Å². The molecule has 0 radical (unpaired) electrons. The minimum absolute atomic E-state index is 0.586. The second-order valence-corrected chi connectivity index (χ2v) is 3.06. The predicted molar refractivity (Wildman–Crippen MR) is 50.7 cm³/mol. The van der Waals surface area contributed by atoms with E-state index in [1.165, 1.54) is 0 Å². The molecule has 0 aliphatic heterocycles. The van der Waals surface area contributed by atoms with Gasteiger partial charge in [0.2, 0.25) is 0 Å².